The number of cyclic esters (lactones) is 1. The lowest BCUT2D eigenvalue weighted by atomic mass is 9.77. The van der Waals surface area contributed by atoms with Crippen molar-refractivity contribution < 1.29 is 66.7 Å². The third-order valence-electron chi connectivity index (χ3n) is 22.3. The molecule has 6 aromatic rings. The Morgan fingerprint density at radius 2 is 0.963 bits per heavy atom. The maximum atomic E-state index is 13.6. The van der Waals surface area contributed by atoms with Crippen LogP contribution in [-0.2, 0) is 42.3 Å². The van der Waals surface area contributed by atoms with Gasteiger partial charge in [-0.15, -0.1) is 0 Å². The molecule has 6 fully saturated rings. The summed E-state index contributed by atoms with van der Waals surface area (Å²) in [6.07, 6.45) is 1.67. The fraction of sp³-hybridized carbons (Fsp3) is 0.608. The summed E-state index contributed by atoms with van der Waals surface area (Å²) in [5.74, 6) is 0.811. The van der Waals surface area contributed by atoms with E-state index >= 15 is 0 Å². The number of aliphatic hydroxyl groups excluding tert-OH is 3. The van der Waals surface area contributed by atoms with Crippen LogP contribution in [0.4, 0.5) is 17.7 Å². The molecule has 23 atom stereocenters. The quantitative estimate of drug-likeness (QED) is 0.0255. The van der Waals surface area contributed by atoms with E-state index in [4.69, 9.17) is 86.6 Å². The Hall–Kier alpha value is -8.41. The largest absolute Gasteiger partial charge is 0.589 e. The van der Waals surface area contributed by atoms with Gasteiger partial charge in [0.1, 0.15) is 67.5 Å². The first kappa shape index (κ1) is 86.8. The van der Waals surface area contributed by atoms with Crippen molar-refractivity contribution in [3.05, 3.63) is 78.5 Å². The number of alkyl halides is 1. The topological polar surface area (TPSA) is 486 Å². The Kier molecular flexibility index (Phi) is 28.6. The fourth-order valence-corrected chi connectivity index (χ4v) is 16.0. The number of nitrogens with zero attached hydrogens (tertiary/aromatic N) is 14. The number of phosphoric acid groups is 1. The summed E-state index contributed by atoms with van der Waals surface area (Å²) < 4.78 is 67.4. The van der Waals surface area contributed by atoms with E-state index in [9.17, 15) is 40.5 Å². The van der Waals surface area contributed by atoms with Gasteiger partial charge in [0.05, 0.1) is 85.5 Å². The third-order valence-corrected chi connectivity index (χ3v) is 25.0. The Labute approximate surface area is 643 Å². The van der Waals surface area contributed by atoms with E-state index in [-0.39, 0.29) is 93.5 Å². The number of fused-ring (bicyclic) bond motifs is 2. The molecule has 2 unspecified atom stereocenters. The molecule has 34 heteroatoms. The highest BCUT2D eigenvalue weighted by Crippen LogP contribution is 2.57. The number of benzene rings is 2. The summed E-state index contributed by atoms with van der Waals surface area (Å²) >= 11 is 9.46. The van der Waals surface area contributed by atoms with Crippen molar-refractivity contribution in [3.8, 4) is 47.9 Å². The number of anilines is 3. The Morgan fingerprint density at radius 1 is 0.546 bits per heavy atom. The van der Waals surface area contributed by atoms with Gasteiger partial charge in [-0.25, -0.2) is 19.1 Å². The molecule has 0 saturated carbocycles. The molecule has 6 aliphatic rings. The molecule has 0 spiro atoms. The van der Waals surface area contributed by atoms with E-state index in [1.165, 1.54) is 17.8 Å². The van der Waals surface area contributed by atoms with Gasteiger partial charge in [0, 0.05) is 29.6 Å². The normalized spacial score (nSPS) is 34.9. The van der Waals surface area contributed by atoms with Crippen LogP contribution in [0.15, 0.2) is 73.3 Å². The predicted octanol–water partition coefficient (Wildman–Crippen LogP) is 12.3. The van der Waals surface area contributed by atoms with E-state index in [1.54, 1.807) is 80.2 Å². The summed E-state index contributed by atoms with van der Waals surface area (Å²) in [4.78, 5) is 35.6. The van der Waals surface area contributed by atoms with E-state index in [0.717, 1.165) is 25.7 Å². The molecule has 0 radical (unpaired) electrons. The van der Waals surface area contributed by atoms with Crippen LogP contribution in [0.5, 0.6) is 11.5 Å². The van der Waals surface area contributed by atoms with Crippen molar-refractivity contribution in [3.63, 3.8) is 0 Å². The van der Waals surface area contributed by atoms with Crippen molar-refractivity contribution in [2.45, 2.75) is 216 Å². The second-order valence-corrected chi connectivity index (χ2v) is 31.4. The number of phosphoric ester groups is 1. The first-order chi connectivity index (χ1) is 50.9. The summed E-state index contributed by atoms with van der Waals surface area (Å²) in [7, 11) is -4.15. The number of aromatic nitrogens is 8. The first-order valence-electron chi connectivity index (χ1n) is 35.7. The molecule has 582 valence electrons. The van der Waals surface area contributed by atoms with Crippen molar-refractivity contribution >= 4 is 81.4 Å². The minimum absolute atomic E-state index is 0.000000000000000444. The van der Waals surface area contributed by atoms with E-state index in [1.807, 2.05) is 93.5 Å². The van der Waals surface area contributed by atoms with Gasteiger partial charge in [-0.1, -0.05) is 133 Å². The lowest BCUT2D eigenvalue weighted by Gasteiger charge is -2.28. The molecule has 31 nitrogen and oxygen atoms in total. The molecule has 108 heavy (non-hydrogen) atoms. The minimum atomic E-state index is -4.15. The molecule has 0 bridgehead atoms. The monoisotopic (exact) mass is 1590 g/mol. The zero-order valence-corrected chi connectivity index (χ0v) is 66.8. The van der Waals surface area contributed by atoms with E-state index < -0.39 is 78.7 Å². The smallest absolute Gasteiger partial charge is 0.461 e. The first-order valence-corrected chi connectivity index (χ1v) is 38.4. The maximum absolute atomic E-state index is 13.6. The number of nitrogens with two attached hydrogens (primary N) is 3. The minimum Gasteiger partial charge on any atom is -0.461 e. The van der Waals surface area contributed by atoms with Gasteiger partial charge in [-0.2, -0.15) is 51.5 Å². The van der Waals surface area contributed by atoms with Gasteiger partial charge in [0.15, 0.2) is 52.7 Å². The third kappa shape index (κ3) is 17.1. The van der Waals surface area contributed by atoms with Crippen LogP contribution in [0.1, 0.15) is 155 Å². The standard InChI is InChI=1S/C21H24NO5P.C14H17ClN6O.C12H15N7O3.C9H14BrNO.C9H15NO2.C9H13NO2/c1-4-19-16(2)21(3,15-22)20(24-19)27-28(23,25-17-11-7-5-8-12-17)26-18-13-9-6-10-14-18;1-4-8-7(2)14(3,5-16)12(22-8)21-6-18-9-10(15)19-13(17)20-11(9)21;1-12(3-13)7(21)5(2-20)22-10(12)19-4-16-6-8(14)17-11(15)18-9(6)19;1-4-7-6(2)9(3,5-11)8(10)12-7;2*1-4-7-6(2)9(3,5-10)8(11)12-7/h5-14,16,19-20H,4H2,1-3H3;6-8,12H,4H2,1-3H3,(H2,17,19,20);4-5,7,10,20-21H,2H2,1H3,(H4,14,15,17,18);6-8H,4H2,1-3H3;6-8,11H,4H2,1-3H3;6-7H,4H2,1-3H3/t16-,19-,20?,21-;7-,8-,12-,14-;5-,7-,10-,12-;6-,7-,8+,9-;6-,7-,8?,9-;6-,7-,9-/m111111/s1. The second-order valence-electron chi connectivity index (χ2n) is 28.8. The number of nitriles is 6. The maximum Gasteiger partial charge on any atom is 0.589 e. The number of para-hydroxylation sites is 2. The number of carbonyl (C=O) groups is 1. The summed E-state index contributed by atoms with van der Waals surface area (Å²) in [5, 5.41) is 84.8. The molecular formula is C74H98BrClN17O14P. The summed E-state index contributed by atoms with van der Waals surface area (Å²) in [6.45, 7) is 30.1. The van der Waals surface area contributed by atoms with Crippen molar-refractivity contribution in [2.75, 3.05) is 23.8 Å². The average Bonchev–Trinajstić information content (AvgIpc) is 1.59. The molecule has 0 amide bonds. The SMILES string of the molecule is CC[C@H]1OC(=O)[C@](C)(C#N)[C@@H]1C.CC[C@H]1OC(O)[C@](C)(C#N)[C@@H]1C.CC[C@H]1OC(OP(=O)(Oc2ccccc2)Oc2ccccc2)[C@](C)(C#N)[C@@H]1C.CC[C@H]1O[C@@H](n2cnc3c(Cl)nc(N)nc32)[C@](C)(C#N)[C@@H]1C.CC[C@H]1O[C@H](Br)[C@](C)(C#N)[C@@H]1C.C[C@@]1(C#N)[C@H](O)[C@@H](CO)O[C@H]1n1cnc2c(N)nc(N)nc21. The molecule has 10 heterocycles. The van der Waals surface area contributed by atoms with Crippen LogP contribution in [0, 0.1) is 130 Å². The lowest BCUT2D eigenvalue weighted by Crippen LogP contribution is -2.37. The van der Waals surface area contributed by atoms with Crippen LogP contribution >= 0.6 is 35.4 Å². The number of aliphatic hydroxyl groups is 3. The molecule has 6 saturated heterocycles. The van der Waals surface area contributed by atoms with Crippen LogP contribution in [0.25, 0.3) is 22.3 Å². The van der Waals surface area contributed by atoms with Crippen LogP contribution < -0.4 is 26.2 Å². The number of imidazole rings is 2. The highest BCUT2D eigenvalue weighted by molar-refractivity contribution is 9.09. The van der Waals surface area contributed by atoms with Gasteiger partial charge >= 0.3 is 13.8 Å². The predicted molar refractivity (Wildman–Crippen MR) is 399 cm³/mol. The fourth-order valence-electron chi connectivity index (χ4n) is 13.6. The van der Waals surface area contributed by atoms with Crippen molar-refractivity contribution in [1.29, 1.82) is 31.6 Å². The van der Waals surface area contributed by atoms with Gasteiger partial charge in [0.25, 0.3) is 0 Å². The lowest BCUT2D eigenvalue weighted by molar-refractivity contribution is -0.146. The molecule has 12 rings (SSSR count). The number of rotatable bonds is 14. The van der Waals surface area contributed by atoms with Crippen LogP contribution in [-0.4, -0.2) is 127 Å². The number of halogens is 2. The highest BCUT2D eigenvalue weighted by Gasteiger charge is 2.59. The Balaban J connectivity index is 0.000000186. The zero-order chi connectivity index (χ0) is 80.4. The van der Waals surface area contributed by atoms with Gasteiger partial charge < -0.3 is 70.0 Å². The van der Waals surface area contributed by atoms with Crippen molar-refractivity contribution in [1.82, 2.24) is 39.0 Å². The molecule has 0 aliphatic carbocycles. The number of esters is 1. The molecule has 4 aromatic heterocycles. The van der Waals surface area contributed by atoms with Gasteiger partial charge in [-0.3, -0.25) is 13.9 Å². The van der Waals surface area contributed by atoms with E-state index in [2.05, 4.69) is 84.0 Å². The van der Waals surface area contributed by atoms with Crippen LogP contribution in [0.3, 0.4) is 0 Å². The zero-order valence-electron chi connectivity index (χ0n) is 63.5. The number of ether oxygens (including phenoxy) is 6. The number of hydrogen-bond acceptors (Lipinski definition) is 29. The molecule has 6 aliphatic heterocycles. The second kappa shape index (κ2) is 35.5. The average molecular weight is 1600 g/mol. The van der Waals surface area contributed by atoms with Crippen LogP contribution in [0.2, 0.25) is 5.15 Å². The van der Waals surface area contributed by atoms with Gasteiger partial charge in [-0.05, 0) is 97.9 Å². The Bertz CT molecular complexity index is 4200. The summed E-state index contributed by atoms with van der Waals surface area (Å²) in [6, 6.07) is 30.5. The van der Waals surface area contributed by atoms with Gasteiger partial charge in [0.2, 0.25) is 11.9 Å². The molecular weight excluding hydrogens is 1500 g/mol. The van der Waals surface area contributed by atoms with Crippen molar-refractivity contribution in [2.24, 2.45) is 62.1 Å². The molecule has 2 aromatic carbocycles. The Morgan fingerprint density at radius 3 is 1.39 bits per heavy atom. The number of carbonyl (C=O) groups excluding carboxylic acids is 1. The highest BCUT2D eigenvalue weighted by atomic mass is 79.9. The number of nitrogen functional groups attached to an aromatic ring is 3. The molecule has 9 N–H and O–H groups in total. The summed E-state index contributed by atoms with van der Waals surface area (Å²) in [5.41, 5.74) is 13.5. The number of hydrogen-bond donors (Lipinski definition) is 6. The van der Waals surface area contributed by atoms with E-state index in [0.29, 0.717) is 46.2 Å².